The fourth-order valence-corrected chi connectivity index (χ4v) is 4.50. The molecule has 1 amide bonds. The van der Waals surface area contributed by atoms with Gasteiger partial charge in [0.15, 0.2) is 5.82 Å². The maximum absolute atomic E-state index is 12.0. The molecule has 1 unspecified atom stereocenters. The van der Waals surface area contributed by atoms with Crippen LogP contribution in [0.15, 0.2) is 0 Å². The van der Waals surface area contributed by atoms with E-state index in [2.05, 4.69) is 25.9 Å². The fraction of sp³-hybridized carbons (Fsp3) is 0.862. The Morgan fingerprint density at radius 2 is 1.38 bits per heavy atom. The lowest BCUT2D eigenvalue weighted by Gasteiger charge is -2.13. The number of amides is 1. The molecule has 11 nitrogen and oxygen atoms in total. The number of rotatable bonds is 29. The first-order valence-electron chi connectivity index (χ1n) is 15.4. The summed E-state index contributed by atoms with van der Waals surface area (Å²) in [7, 11) is 0. The summed E-state index contributed by atoms with van der Waals surface area (Å²) in [5.41, 5.74) is 0. The van der Waals surface area contributed by atoms with Crippen molar-refractivity contribution < 1.29 is 29.0 Å². The molecule has 0 aromatic carbocycles. The monoisotopic (exact) mass is 567 g/mol. The molecule has 0 aliphatic heterocycles. The van der Waals surface area contributed by atoms with E-state index in [1.807, 2.05) is 6.92 Å². The quantitative estimate of drug-likeness (QED) is 0.114. The minimum Gasteiger partial charge on any atom is -0.480 e. The Labute approximate surface area is 239 Å². The van der Waals surface area contributed by atoms with Crippen LogP contribution in [0.5, 0.6) is 0 Å². The number of aliphatic carboxylic acids is 1. The smallest absolute Gasteiger partial charge is 0.326 e. The number of H-pyrrole nitrogens is 1. The van der Waals surface area contributed by atoms with Crippen LogP contribution in [-0.2, 0) is 30.3 Å². The summed E-state index contributed by atoms with van der Waals surface area (Å²) in [4.78, 5) is 34.8. The van der Waals surface area contributed by atoms with Crippen molar-refractivity contribution in [1.29, 1.82) is 0 Å². The molecule has 0 spiro atoms. The van der Waals surface area contributed by atoms with E-state index < -0.39 is 17.9 Å². The maximum Gasteiger partial charge on any atom is 0.326 e. The van der Waals surface area contributed by atoms with E-state index in [9.17, 15) is 14.4 Å². The number of nitrogens with zero attached hydrogens (tertiary/aromatic N) is 3. The Balaban J connectivity index is 1.77. The number of nitrogens with one attached hydrogen (secondary N) is 2. The van der Waals surface area contributed by atoms with Gasteiger partial charge in [0.05, 0.1) is 13.2 Å². The predicted octanol–water partition coefficient (Wildman–Crippen LogP) is 4.96. The summed E-state index contributed by atoms with van der Waals surface area (Å²) >= 11 is 0. The zero-order valence-corrected chi connectivity index (χ0v) is 24.7. The summed E-state index contributed by atoms with van der Waals surface area (Å²) in [5, 5.41) is 25.5. The summed E-state index contributed by atoms with van der Waals surface area (Å²) < 4.78 is 10.7. The molecule has 0 saturated carbocycles. The standard InChI is InChI=1S/C29H53N5O6/c1-2-17-26(29(37)38)30-28(36)24-40-23-22-39-21-16-19-25(35)18-14-12-10-8-6-4-3-5-7-9-11-13-15-20-27-31-33-34-32-27/h26H,2-24H2,1H3,(H,30,36)(H,37,38)(H,31,32,33,34). The van der Waals surface area contributed by atoms with E-state index in [1.165, 1.54) is 64.2 Å². The van der Waals surface area contributed by atoms with Crippen LogP contribution >= 0.6 is 0 Å². The maximum atomic E-state index is 12.0. The van der Waals surface area contributed by atoms with Crippen LogP contribution in [0.2, 0.25) is 0 Å². The number of ketones is 1. The molecule has 3 N–H and O–H groups in total. The van der Waals surface area contributed by atoms with Gasteiger partial charge in [-0.1, -0.05) is 89.2 Å². The Morgan fingerprint density at radius 1 is 0.800 bits per heavy atom. The van der Waals surface area contributed by atoms with Gasteiger partial charge in [-0.05, 0) is 25.7 Å². The highest BCUT2D eigenvalue weighted by Gasteiger charge is 2.18. The van der Waals surface area contributed by atoms with Gasteiger partial charge in [-0.15, -0.1) is 10.2 Å². The summed E-state index contributed by atoms with van der Waals surface area (Å²) in [6.45, 7) is 2.74. The molecule has 0 fully saturated rings. The number of aryl methyl sites for hydroxylation is 1. The highest BCUT2D eigenvalue weighted by Crippen LogP contribution is 2.14. The van der Waals surface area contributed by atoms with Crippen molar-refractivity contribution in [2.45, 2.75) is 135 Å². The van der Waals surface area contributed by atoms with Crippen LogP contribution in [0.25, 0.3) is 0 Å². The lowest BCUT2D eigenvalue weighted by atomic mass is 10.0. The van der Waals surface area contributed by atoms with Crippen LogP contribution in [0.3, 0.4) is 0 Å². The number of unbranched alkanes of at least 4 members (excludes halogenated alkanes) is 12. The lowest BCUT2D eigenvalue weighted by Crippen LogP contribution is -2.42. The fourth-order valence-electron chi connectivity index (χ4n) is 4.50. The number of hydrogen-bond donors (Lipinski definition) is 3. The van der Waals surface area contributed by atoms with Crippen molar-refractivity contribution in [2.75, 3.05) is 26.4 Å². The Morgan fingerprint density at radius 3 is 1.95 bits per heavy atom. The van der Waals surface area contributed by atoms with Gasteiger partial charge < -0.3 is 19.9 Å². The summed E-state index contributed by atoms with van der Waals surface area (Å²) in [6, 6.07) is -0.878. The van der Waals surface area contributed by atoms with Gasteiger partial charge in [-0.25, -0.2) is 4.79 Å². The Bertz CT molecular complexity index is 762. The number of tetrazole rings is 1. The first-order valence-corrected chi connectivity index (χ1v) is 15.4. The molecule has 0 bridgehead atoms. The molecule has 0 aliphatic carbocycles. The minimum absolute atomic E-state index is 0.193. The SMILES string of the molecule is CCCC(NC(=O)COCCOCCCC(=O)CCCCCCCCCCCCCCCc1nn[nH]n1)C(=O)O. The van der Waals surface area contributed by atoms with Crippen LogP contribution in [0.4, 0.5) is 0 Å². The molecule has 1 aromatic rings. The van der Waals surface area contributed by atoms with Crippen LogP contribution in [0, 0.1) is 0 Å². The molecular formula is C29H53N5O6. The normalized spacial score (nSPS) is 11.9. The molecule has 1 aromatic heterocycles. The number of carboxylic acids is 1. The van der Waals surface area contributed by atoms with E-state index in [1.54, 1.807) is 0 Å². The van der Waals surface area contributed by atoms with Gasteiger partial charge in [-0.2, -0.15) is 5.21 Å². The second kappa shape index (κ2) is 25.6. The highest BCUT2D eigenvalue weighted by atomic mass is 16.5. The van der Waals surface area contributed by atoms with E-state index >= 15 is 0 Å². The number of aromatic nitrogens is 4. The Hall–Kier alpha value is -2.40. The van der Waals surface area contributed by atoms with Gasteiger partial charge in [-0.3, -0.25) is 9.59 Å². The second-order valence-corrected chi connectivity index (χ2v) is 10.5. The third kappa shape index (κ3) is 21.4. The molecule has 0 radical (unpaired) electrons. The topological polar surface area (TPSA) is 156 Å². The van der Waals surface area contributed by atoms with E-state index in [0.717, 1.165) is 31.5 Å². The van der Waals surface area contributed by atoms with Crippen molar-refractivity contribution in [3.05, 3.63) is 5.82 Å². The summed E-state index contributed by atoms with van der Waals surface area (Å²) in [5.74, 6) is -0.371. The van der Waals surface area contributed by atoms with Crippen molar-refractivity contribution >= 4 is 17.7 Å². The Kier molecular flexibility index (Phi) is 22.8. The number of aromatic amines is 1. The van der Waals surface area contributed by atoms with Crippen LogP contribution in [-0.4, -0.2) is 75.9 Å². The average Bonchev–Trinajstić information content (AvgIpc) is 3.45. The number of carboxylic acid groups (broad SMARTS) is 1. The zero-order valence-electron chi connectivity index (χ0n) is 24.7. The molecule has 40 heavy (non-hydrogen) atoms. The van der Waals surface area contributed by atoms with Crippen molar-refractivity contribution in [3.63, 3.8) is 0 Å². The molecule has 1 atom stereocenters. The summed E-state index contributed by atoms with van der Waals surface area (Å²) in [6.07, 6.45) is 20.0. The molecular weight excluding hydrogens is 514 g/mol. The van der Waals surface area contributed by atoms with Gasteiger partial charge in [0, 0.05) is 25.9 Å². The molecule has 11 heteroatoms. The minimum atomic E-state index is -1.04. The van der Waals surface area contributed by atoms with E-state index in [4.69, 9.17) is 14.6 Å². The third-order valence-electron chi connectivity index (χ3n) is 6.81. The van der Waals surface area contributed by atoms with E-state index in [-0.39, 0.29) is 13.2 Å². The lowest BCUT2D eigenvalue weighted by molar-refractivity contribution is -0.142. The number of carbonyl (C=O) groups excluding carboxylic acids is 2. The van der Waals surface area contributed by atoms with Crippen molar-refractivity contribution in [1.82, 2.24) is 25.9 Å². The second-order valence-electron chi connectivity index (χ2n) is 10.5. The van der Waals surface area contributed by atoms with Crippen LogP contribution in [0.1, 0.15) is 128 Å². The third-order valence-corrected chi connectivity index (χ3v) is 6.81. The van der Waals surface area contributed by atoms with E-state index in [0.29, 0.717) is 51.1 Å². The van der Waals surface area contributed by atoms with Gasteiger partial charge in [0.2, 0.25) is 5.91 Å². The number of ether oxygens (including phenoxy) is 2. The molecule has 0 saturated heterocycles. The van der Waals surface area contributed by atoms with Gasteiger partial charge >= 0.3 is 5.97 Å². The number of hydrogen-bond acceptors (Lipinski definition) is 8. The average molecular weight is 568 g/mol. The number of carbonyl (C=O) groups is 3. The molecule has 1 rings (SSSR count). The van der Waals surface area contributed by atoms with Gasteiger partial charge in [0.1, 0.15) is 18.4 Å². The molecule has 230 valence electrons. The van der Waals surface area contributed by atoms with Crippen molar-refractivity contribution in [3.8, 4) is 0 Å². The van der Waals surface area contributed by atoms with Crippen LogP contribution < -0.4 is 5.32 Å². The van der Waals surface area contributed by atoms with Crippen molar-refractivity contribution in [2.24, 2.45) is 0 Å². The first-order chi connectivity index (χ1) is 19.5. The molecule has 0 aliphatic rings. The molecule has 1 heterocycles. The highest BCUT2D eigenvalue weighted by molar-refractivity contribution is 5.84. The zero-order chi connectivity index (χ0) is 29.1. The van der Waals surface area contributed by atoms with Gasteiger partial charge in [0.25, 0.3) is 0 Å². The largest absolute Gasteiger partial charge is 0.480 e. The predicted molar refractivity (Wildman–Crippen MR) is 153 cm³/mol. The number of Topliss-reactive ketones (excluding diaryl/α,β-unsaturated/α-hetero) is 1. The first kappa shape index (κ1) is 35.6.